The third kappa shape index (κ3) is 4.09. The lowest BCUT2D eigenvalue weighted by atomic mass is 10.1. The zero-order chi connectivity index (χ0) is 12.0. The smallest absolute Gasteiger partial charge is 0.241 e. The molecule has 4 heteroatoms. The van der Waals surface area contributed by atoms with Gasteiger partial charge in [0.2, 0.25) is 5.91 Å². The van der Waals surface area contributed by atoms with E-state index in [1.807, 2.05) is 24.3 Å². The predicted molar refractivity (Wildman–Crippen MR) is 75.3 cm³/mol. The minimum atomic E-state index is -0.407. The third-order valence-electron chi connectivity index (χ3n) is 2.34. The number of rotatable bonds is 5. The van der Waals surface area contributed by atoms with E-state index in [0.29, 0.717) is 0 Å². The van der Waals surface area contributed by atoms with Crippen molar-refractivity contribution in [3.8, 4) is 0 Å². The highest BCUT2D eigenvalue weighted by molar-refractivity contribution is 14.1. The highest BCUT2D eigenvalue weighted by Crippen LogP contribution is 2.17. The molecular weight excluding hydrogens is 315 g/mol. The van der Waals surface area contributed by atoms with Gasteiger partial charge in [-0.3, -0.25) is 4.79 Å². The maximum Gasteiger partial charge on any atom is 0.241 e. The summed E-state index contributed by atoms with van der Waals surface area (Å²) in [7, 11) is 0. The lowest BCUT2D eigenvalue weighted by Gasteiger charge is -2.12. The Morgan fingerprint density at radius 3 is 2.81 bits per heavy atom. The van der Waals surface area contributed by atoms with Crippen LogP contribution in [0.2, 0.25) is 0 Å². The van der Waals surface area contributed by atoms with E-state index in [-0.39, 0.29) is 5.91 Å². The van der Waals surface area contributed by atoms with E-state index in [2.05, 4.69) is 34.8 Å². The number of nitrogens with one attached hydrogen (secondary N) is 1. The number of halogens is 1. The van der Waals surface area contributed by atoms with Crippen LogP contribution in [0.5, 0.6) is 0 Å². The summed E-state index contributed by atoms with van der Waals surface area (Å²) >= 11 is 2.19. The number of unbranched alkanes of at least 4 members (excludes halogenated alkanes) is 1. The molecule has 0 spiro atoms. The molecule has 1 rings (SSSR count). The number of hydrogen-bond acceptors (Lipinski definition) is 2. The summed E-state index contributed by atoms with van der Waals surface area (Å²) in [5.41, 5.74) is 6.62. The van der Waals surface area contributed by atoms with Crippen molar-refractivity contribution in [3.05, 3.63) is 27.8 Å². The van der Waals surface area contributed by atoms with Crippen LogP contribution in [0.15, 0.2) is 24.3 Å². The molecule has 3 N–H and O–H groups in total. The van der Waals surface area contributed by atoms with E-state index >= 15 is 0 Å². The lowest BCUT2D eigenvalue weighted by molar-refractivity contribution is -0.117. The molecule has 0 aliphatic heterocycles. The fourth-order valence-corrected chi connectivity index (χ4v) is 1.87. The topological polar surface area (TPSA) is 55.1 Å². The van der Waals surface area contributed by atoms with Gasteiger partial charge in [0.05, 0.1) is 11.7 Å². The molecule has 0 saturated heterocycles. The van der Waals surface area contributed by atoms with Crippen LogP contribution in [0.1, 0.15) is 26.2 Å². The van der Waals surface area contributed by atoms with Gasteiger partial charge in [-0.1, -0.05) is 31.9 Å². The molecule has 1 aromatic carbocycles. The van der Waals surface area contributed by atoms with Crippen molar-refractivity contribution in [2.45, 2.75) is 32.2 Å². The number of carbonyl (C=O) groups excluding carboxylic acids is 1. The van der Waals surface area contributed by atoms with Gasteiger partial charge in [0.25, 0.3) is 0 Å². The van der Waals surface area contributed by atoms with Crippen molar-refractivity contribution >= 4 is 34.2 Å². The first-order valence-corrected chi connectivity index (χ1v) is 6.54. The molecule has 16 heavy (non-hydrogen) atoms. The summed E-state index contributed by atoms with van der Waals surface area (Å²) in [6.45, 7) is 2.09. The SMILES string of the molecule is CCCC[C@H](N)C(=O)Nc1ccccc1I. The Bertz CT molecular complexity index is 355. The van der Waals surface area contributed by atoms with E-state index in [4.69, 9.17) is 5.73 Å². The average Bonchev–Trinajstić information content (AvgIpc) is 2.28. The number of anilines is 1. The van der Waals surface area contributed by atoms with Crippen LogP contribution in [0.25, 0.3) is 0 Å². The Labute approximate surface area is 110 Å². The first-order chi connectivity index (χ1) is 7.65. The summed E-state index contributed by atoms with van der Waals surface area (Å²) in [4.78, 5) is 11.7. The minimum Gasteiger partial charge on any atom is -0.324 e. The van der Waals surface area contributed by atoms with Crippen LogP contribution in [0, 0.1) is 3.57 Å². The molecule has 1 atom stereocenters. The number of nitrogens with two attached hydrogens (primary N) is 1. The molecule has 0 heterocycles. The van der Waals surface area contributed by atoms with Crippen LogP contribution >= 0.6 is 22.6 Å². The Morgan fingerprint density at radius 2 is 2.19 bits per heavy atom. The molecule has 0 saturated carbocycles. The standard InChI is InChI=1S/C12H17IN2O/c1-2-3-7-10(14)12(16)15-11-8-5-4-6-9(11)13/h4-6,8,10H,2-3,7,14H2,1H3,(H,15,16)/t10-/m0/s1. The van der Waals surface area contributed by atoms with Gasteiger partial charge in [0.1, 0.15) is 0 Å². The number of para-hydroxylation sites is 1. The van der Waals surface area contributed by atoms with Crippen molar-refractivity contribution in [3.63, 3.8) is 0 Å². The van der Waals surface area contributed by atoms with Crippen molar-refractivity contribution in [1.82, 2.24) is 0 Å². The van der Waals surface area contributed by atoms with Gasteiger partial charge >= 0.3 is 0 Å². The van der Waals surface area contributed by atoms with Crippen LogP contribution in [0.4, 0.5) is 5.69 Å². The number of carbonyl (C=O) groups is 1. The summed E-state index contributed by atoms with van der Waals surface area (Å²) in [5, 5.41) is 2.85. The summed E-state index contributed by atoms with van der Waals surface area (Å²) in [6, 6.07) is 7.26. The van der Waals surface area contributed by atoms with Gasteiger partial charge in [0, 0.05) is 3.57 Å². The van der Waals surface area contributed by atoms with Gasteiger partial charge < -0.3 is 11.1 Å². The molecule has 1 aromatic rings. The summed E-state index contributed by atoms with van der Waals surface area (Å²) < 4.78 is 1.02. The normalized spacial score (nSPS) is 12.2. The summed E-state index contributed by atoms with van der Waals surface area (Å²) in [5.74, 6) is -0.0995. The second-order valence-electron chi connectivity index (χ2n) is 3.72. The molecule has 1 amide bonds. The van der Waals surface area contributed by atoms with E-state index in [1.54, 1.807) is 0 Å². The quantitative estimate of drug-likeness (QED) is 0.815. The molecule has 0 aliphatic carbocycles. The Hall–Kier alpha value is -0.620. The minimum absolute atomic E-state index is 0.0995. The van der Waals surface area contributed by atoms with E-state index in [0.717, 1.165) is 28.5 Å². The second kappa shape index (κ2) is 6.85. The Balaban J connectivity index is 2.54. The lowest BCUT2D eigenvalue weighted by Crippen LogP contribution is -2.35. The molecule has 3 nitrogen and oxygen atoms in total. The van der Waals surface area contributed by atoms with Crippen LogP contribution in [0.3, 0.4) is 0 Å². The second-order valence-corrected chi connectivity index (χ2v) is 4.88. The first kappa shape index (κ1) is 13.4. The number of amides is 1. The zero-order valence-electron chi connectivity index (χ0n) is 9.37. The molecule has 0 radical (unpaired) electrons. The monoisotopic (exact) mass is 332 g/mol. The van der Waals surface area contributed by atoms with Crippen LogP contribution < -0.4 is 11.1 Å². The maximum absolute atomic E-state index is 11.7. The fraction of sp³-hybridized carbons (Fsp3) is 0.417. The predicted octanol–water partition coefficient (Wildman–Crippen LogP) is 2.75. The molecule has 0 unspecified atom stereocenters. The number of hydrogen-bond donors (Lipinski definition) is 2. The molecule has 0 aliphatic rings. The molecule has 0 bridgehead atoms. The van der Waals surface area contributed by atoms with Crippen LogP contribution in [-0.4, -0.2) is 11.9 Å². The largest absolute Gasteiger partial charge is 0.324 e. The molecule has 0 aromatic heterocycles. The van der Waals surface area contributed by atoms with Gasteiger partial charge in [-0.25, -0.2) is 0 Å². The highest BCUT2D eigenvalue weighted by atomic mass is 127. The van der Waals surface area contributed by atoms with Gasteiger partial charge in [-0.15, -0.1) is 0 Å². The summed E-state index contributed by atoms with van der Waals surface area (Å²) in [6.07, 6.45) is 2.79. The zero-order valence-corrected chi connectivity index (χ0v) is 11.5. The molecule has 88 valence electrons. The third-order valence-corrected chi connectivity index (χ3v) is 3.28. The highest BCUT2D eigenvalue weighted by Gasteiger charge is 2.13. The molecule has 0 fully saturated rings. The number of benzene rings is 1. The average molecular weight is 332 g/mol. The molecular formula is C12H17IN2O. The van der Waals surface area contributed by atoms with Gasteiger partial charge in [0.15, 0.2) is 0 Å². The first-order valence-electron chi connectivity index (χ1n) is 5.46. The van der Waals surface area contributed by atoms with E-state index in [9.17, 15) is 4.79 Å². The van der Waals surface area contributed by atoms with Gasteiger partial charge in [-0.2, -0.15) is 0 Å². The van der Waals surface area contributed by atoms with Crippen molar-refractivity contribution in [2.75, 3.05) is 5.32 Å². The Morgan fingerprint density at radius 1 is 1.50 bits per heavy atom. The maximum atomic E-state index is 11.7. The van der Waals surface area contributed by atoms with Gasteiger partial charge in [-0.05, 0) is 41.1 Å². The Kier molecular flexibility index (Phi) is 5.76. The van der Waals surface area contributed by atoms with Crippen molar-refractivity contribution in [1.29, 1.82) is 0 Å². The van der Waals surface area contributed by atoms with Crippen molar-refractivity contribution < 1.29 is 4.79 Å². The fourth-order valence-electron chi connectivity index (χ4n) is 1.34. The van der Waals surface area contributed by atoms with E-state index < -0.39 is 6.04 Å². The van der Waals surface area contributed by atoms with Crippen molar-refractivity contribution in [2.24, 2.45) is 5.73 Å². The van der Waals surface area contributed by atoms with Crippen LogP contribution in [-0.2, 0) is 4.79 Å². The van der Waals surface area contributed by atoms with E-state index in [1.165, 1.54) is 0 Å².